The van der Waals surface area contributed by atoms with Crippen molar-refractivity contribution in [3.63, 3.8) is 0 Å². The average Bonchev–Trinajstić information content (AvgIpc) is 2.71. The van der Waals surface area contributed by atoms with Crippen LogP contribution in [0.15, 0.2) is 42.6 Å². The zero-order valence-electron chi connectivity index (χ0n) is 16.0. The van der Waals surface area contributed by atoms with Crippen LogP contribution in [0, 0.1) is 6.92 Å². The molecule has 0 bridgehead atoms. The lowest BCUT2D eigenvalue weighted by Gasteiger charge is -2.10. The van der Waals surface area contributed by atoms with E-state index < -0.39 is 0 Å². The number of nitrogens with zero attached hydrogens (tertiary/aromatic N) is 3. The Kier molecular flexibility index (Phi) is 6.49. The van der Waals surface area contributed by atoms with Crippen LogP contribution >= 0.6 is 11.6 Å². The number of aromatic nitrogens is 3. The van der Waals surface area contributed by atoms with E-state index in [0.717, 1.165) is 23.2 Å². The van der Waals surface area contributed by atoms with E-state index in [-0.39, 0.29) is 0 Å². The number of aryl methyl sites for hydroxylation is 1. The summed E-state index contributed by atoms with van der Waals surface area (Å²) in [5.41, 5.74) is 2.97. The highest BCUT2D eigenvalue weighted by atomic mass is 35.5. The van der Waals surface area contributed by atoms with Crippen LogP contribution in [0.2, 0.25) is 5.02 Å². The first kappa shape index (κ1) is 19.7. The molecular formula is C20H22ClN5O2. The van der Waals surface area contributed by atoms with Crippen molar-refractivity contribution in [2.45, 2.75) is 13.3 Å². The van der Waals surface area contributed by atoms with Gasteiger partial charge in [-0.25, -0.2) is 0 Å². The molecule has 8 heteroatoms. The summed E-state index contributed by atoms with van der Waals surface area (Å²) in [5, 5.41) is 15.1. The van der Waals surface area contributed by atoms with Crippen LogP contribution in [0.25, 0.3) is 0 Å². The molecule has 146 valence electrons. The summed E-state index contributed by atoms with van der Waals surface area (Å²) in [6.45, 7) is 2.61. The maximum absolute atomic E-state index is 6.16. The monoisotopic (exact) mass is 399 g/mol. The second-order valence-corrected chi connectivity index (χ2v) is 6.53. The minimum Gasteiger partial charge on any atom is -0.493 e. The lowest BCUT2D eigenvalue weighted by atomic mass is 10.1. The molecule has 0 unspecified atom stereocenters. The molecule has 0 aliphatic carbocycles. The standard InChI is InChI=1S/C20H22ClN5O2/c1-13-4-6-15(11-16(13)21)24-19-12-23-26-20(25-19)22-9-8-14-5-7-17(27-2)18(10-14)28-3/h4-7,10-12H,8-9H2,1-3H3,(H2,22,24,25,26). The Bertz CT molecular complexity index is 952. The van der Waals surface area contributed by atoms with Crippen LogP contribution < -0.4 is 20.1 Å². The van der Waals surface area contributed by atoms with Gasteiger partial charge in [0.1, 0.15) is 0 Å². The van der Waals surface area contributed by atoms with Gasteiger partial charge in [0.15, 0.2) is 17.3 Å². The molecule has 1 aromatic heterocycles. The predicted molar refractivity (Wildman–Crippen MR) is 111 cm³/mol. The molecule has 0 spiro atoms. The van der Waals surface area contributed by atoms with Crippen molar-refractivity contribution in [2.75, 3.05) is 31.4 Å². The Morgan fingerprint density at radius 3 is 2.61 bits per heavy atom. The molecule has 2 aromatic carbocycles. The number of methoxy groups -OCH3 is 2. The zero-order chi connectivity index (χ0) is 19.9. The van der Waals surface area contributed by atoms with E-state index in [1.54, 1.807) is 20.4 Å². The van der Waals surface area contributed by atoms with E-state index in [1.807, 2.05) is 43.3 Å². The molecule has 7 nitrogen and oxygen atoms in total. The van der Waals surface area contributed by atoms with Crippen LogP contribution in [0.1, 0.15) is 11.1 Å². The fraction of sp³-hybridized carbons (Fsp3) is 0.250. The lowest BCUT2D eigenvalue weighted by molar-refractivity contribution is 0.354. The molecule has 1 heterocycles. The van der Waals surface area contributed by atoms with Gasteiger partial charge in [-0.2, -0.15) is 10.1 Å². The SMILES string of the molecule is COc1ccc(CCNc2nncc(Nc3ccc(C)c(Cl)c3)n2)cc1OC. The predicted octanol–water partition coefficient (Wildman–Crippen LogP) is 4.25. The van der Waals surface area contributed by atoms with Crippen LogP contribution in [0.5, 0.6) is 11.5 Å². The van der Waals surface area contributed by atoms with E-state index in [4.69, 9.17) is 21.1 Å². The molecule has 0 radical (unpaired) electrons. The van der Waals surface area contributed by atoms with Crippen molar-refractivity contribution in [1.82, 2.24) is 15.2 Å². The van der Waals surface area contributed by atoms with Gasteiger partial charge in [0, 0.05) is 17.3 Å². The normalized spacial score (nSPS) is 10.4. The highest BCUT2D eigenvalue weighted by molar-refractivity contribution is 6.31. The Hall–Kier alpha value is -3.06. The number of benzene rings is 2. The molecule has 0 atom stereocenters. The van der Waals surface area contributed by atoms with Gasteiger partial charge in [-0.3, -0.25) is 0 Å². The van der Waals surface area contributed by atoms with Crippen molar-refractivity contribution >= 4 is 29.1 Å². The number of halogens is 1. The van der Waals surface area contributed by atoms with Gasteiger partial charge < -0.3 is 20.1 Å². The van der Waals surface area contributed by atoms with Gasteiger partial charge in [0.2, 0.25) is 5.95 Å². The third-order valence-electron chi connectivity index (χ3n) is 4.15. The summed E-state index contributed by atoms with van der Waals surface area (Å²) >= 11 is 6.16. The maximum Gasteiger partial charge on any atom is 0.244 e. The number of hydrogen-bond acceptors (Lipinski definition) is 7. The van der Waals surface area contributed by atoms with Crippen molar-refractivity contribution in [3.8, 4) is 11.5 Å². The van der Waals surface area contributed by atoms with Crippen LogP contribution in [-0.4, -0.2) is 35.9 Å². The number of hydrogen-bond donors (Lipinski definition) is 2. The molecular weight excluding hydrogens is 378 g/mol. The molecule has 28 heavy (non-hydrogen) atoms. The van der Waals surface area contributed by atoms with Gasteiger partial charge in [-0.15, -0.1) is 5.10 Å². The first-order valence-corrected chi connectivity index (χ1v) is 9.14. The molecule has 3 aromatic rings. The highest BCUT2D eigenvalue weighted by Crippen LogP contribution is 2.27. The average molecular weight is 400 g/mol. The first-order chi connectivity index (χ1) is 13.6. The molecule has 0 fully saturated rings. The van der Waals surface area contributed by atoms with Crippen molar-refractivity contribution in [3.05, 3.63) is 58.7 Å². The maximum atomic E-state index is 6.16. The molecule has 0 saturated carbocycles. The molecule has 0 aliphatic rings. The summed E-state index contributed by atoms with van der Waals surface area (Å²) in [4.78, 5) is 4.43. The fourth-order valence-electron chi connectivity index (χ4n) is 2.61. The number of ether oxygens (including phenoxy) is 2. The Morgan fingerprint density at radius 1 is 1.04 bits per heavy atom. The summed E-state index contributed by atoms with van der Waals surface area (Å²) < 4.78 is 10.6. The van der Waals surface area contributed by atoms with Gasteiger partial charge in [0.25, 0.3) is 0 Å². The number of rotatable bonds is 8. The van der Waals surface area contributed by atoms with Crippen molar-refractivity contribution in [1.29, 1.82) is 0 Å². The van der Waals surface area contributed by atoms with Crippen LogP contribution in [0.3, 0.4) is 0 Å². The van der Waals surface area contributed by atoms with E-state index in [2.05, 4.69) is 25.8 Å². The smallest absolute Gasteiger partial charge is 0.244 e. The van der Waals surface area contributed by atoms with Gasteiger partial charge in [-0.05, 0) is 48.7 Å². The highest BCUT2D eigenvalue weighted by Gasteiger charge is 2.06. The number of nitrogens with one attached hydrogen (secondary N) is 2. The summed E-state index contributed by atoms with van der Waals surface area (Å²) in [6.07, 6.45) is 2.34. The second-order valence-electron chi connectivity index (χ2n) is 6.12. The third kappa shape index (κ3) is 5.01. The summed E-state index contributed by atoms with van der Waals surface area (Å²) in [7, 11) is 3.24. The summed E-state index contributed by atoms with van der Waals surface area (Å²) in [6, 6.07) is 11.6. The molecule has 3 rings (SSSR count). The van der Waals surface area contributed by atoms with Crippen LogP contribution in [0.4, 0.5) is 17.5 Å². The third-order valence-corrected chi connectivity index (χ3v) is 4.56. The first-order valence-electron chi connectivity index (χ1n) is 8.76. The minimum atomic E-state index is 0.448. The van der Waals surface area contributed by atoms with Crippen molar-refractivity contribution < 1.29 is 9.47 Å². The lowest BCUT2D eigenvalue weighted by Crippen LogP contribution is -2.10. The fourth-order valence-corrected chi connectivity index (χ4v) is 2.79. The Balaban J connectivity index is 1.59. The molecule has 0 saturated heterocycles. The van der Waals surface area contributed by atoms with Gasteiger partial charge >= 0.3 is 0 Å². The van der Waals surface area contributed by atoms with Crippen LogP contribution in [-0.2, 0) is 6.42 Å². The number of anilines is 3. The second kappa shape index (κ2) is 9.23. The van der Waals surface area contributed by atoms with Crippen molar-refractivity contribution in [2.24, 2.45) is 0 Å². The minimum absolute atomic E-state index is 0.448. The largest absolute Gasteiger partial charge is 0.493 e. The Morgan fingerprint density at radius 2 is 1.86 bits per heavy atom. The quantitative estimate of drug-likeness (QED) is 0.586. The van der Waals surface area contributed by atoms with E-state index in [9.17, 15) is 0 Å². The van der Waals surface area contributed by atoms with E-state index >= 15 is 0 Å². The van der Waals surface area contributed by atoms with E-state index in [1.165, 1.54) is 0 Å². The van der Waals surface area contributed by atoms with E-state index in [0.29, 0.717) is 34.8 Å². The van der Waals surface area contributed by atoms with Gasteiger partial charge in [0.05, 0.1) is 20.4 Å². The molecule has 2 N–H and O–H groups in total. The zero-order valence-corrected chi connectivity index (χ0v) is 16.7. The molecule has 0 amide bonds. The van der Waals surface area contributed by atoms with Gasteiger partial charge in [-0.1, -0.05) is 23.7 Å². The Labute approximate surface area is 169 Å². The summed E-state index contributed by atoms with van der Waals surface area (Å²) in [5.74, 6) is 2.45. The molecule has 0 aliphatic heterocycles. The topological polar surface area (TPSA) is 81.2 Å².